The van der Waals surface area contributed by atoms with Crippen molar-refractivity contribution in [2.45, 2.75) is 159 Å². The predicted molar refractivity (Wildman–Crippen MR) is 170 cm³/mol. The van der Waals surface area contributed by atoms with Crippen LogP contribution >= 0.6 is 0 Å². The second kappa shape index (κ2) is 31.0. The maximum absolute atomic E-state index is 14.1. The monoisotopic (exact) mass is 620 g/mol. The van der Waals surface area contributed by atoms with Gasteiger partial charge in [-0.2, -0.15) is 8.78 Å². The third-order valence-corrected chi connectivity index (χ3v) is 6.29. The summed E-state index contributed by atoms with van der Waals surface area (Å²) in [5.41, 5.74) is 0. The van der Waals surface area contributed by atoms with Crippen molar-refractivity contribution in [1.29, 1.82) is 0 Å². The molecule has 0 aliphatic carbocycles. The normalized spacial score (nSPS) is 14.2. The molecular formula is C34H66F6O2. The van der Waals surface area contributed by atoms with Crippen LogP contribution in [-0.2, 0) is 9.47 Å². The van der Waals surface area contributed by atoms with Gasteiger partial charge in [0.1, 0.15) is 0 Å². The van der Waals surface area contributed by atoms with Crippen LogP contribution in [0.25, 0.3) is 0 Å². The minimum atomic E-state index is -4.88. The predicted octanol–water partition coefficient (Wildman–Crippen LogP) is 13.8. The molecule has 0 fully saturated rings. The number of rotatable bonds is 16. The van der Waals surface area contributed by atoms with Gasteiger partial charge in [-0.1, -0.05) is 114 Å². The molecule has 0 aliphatic rings. The largest absolute Gasteiger partial charge is 0.573 e. The molecule has 4 unspecified atom stereocenters. The summed E-state index contributed by atoms with van der Waals surface area (Å²) in [5.74, 6) is -0.851. The van der Waals surface area contributed by atoms with Crippen molar-refractivity contribution in [3.05, 3.63) is 37.4 Å². The number of hydrogen-bond donors (Lipinski definition) is 0. The van der Waals surface area contributed by atoms with Gasteiger partial charge in [-0.3, -0.25) is 0 Å². The number of allylic oxidation sites excluding steroid dienone is 2. The van der Waals surface area contributed by atoms with Crippen LogP contribution in [0, 0.1) is 23.7 Å². The Labute approximate surface area is 256 Å². The molecule has 0 aromatic rings. The minimum absolute atomic E-state index is 0.362. The number of halogens is 6. The lowest BCUT2D eigenvalue weighted by molar-refractivity contribution is -0.304. The van der Waals surface area contributed by atoms with Crippen LogP contribution < -0.4 is 0 Å². The summed E-state index contributed by atoms with van der Waals surface area (Å²) >= 11 is 0. The molecule has 0 spiro atoms. The van der Waals surface area contributed by atoms with Crippen LogP contribution in [0.4, 0.5) is 26.3 Å². The summed E-state index contributed by atoms with van der Waals surface area (Å²) < 4.78 is 82.5. The first-order chi connectivity index (χ1) is 19.4. The molecule has 0 saturated heterocycles. The van der Waals surface area contributed by atoms with Crippen molar-refractivity contribution in [3.63, 3.8) is 0 Å². The van der Waals surface area contributed by atoms with E-state index < -0.39 is 30.0 Å². The molecule has 0 heterocycles. The topological polar surface area (TPSA) is 18.5 Å². The molecule has 0 saturated carbocycles. The van der Waals surface area contributed by atoms with E-state index in [4.69, 9.17) is 4.74 Å². The summed E-state index contributed by atoms with van der Waals surface area (Å²) in [6.07, 6.45) is 1.68. The molecule has 0 aliphatic heterocycles. The standard InChI is InChI=1S/C18H36F2O.C6H6F4O.C6H14.C2H6.C2H4/c1-7-9-11-17(6)21-18(19,20)16(5)13-12-15(4)14(3)10-8-2;1-3-5(7)4(2)11-6(8,9)10;1-4-5-6(2)3;2*1-2/h14-17H,7-13H2,1-6H3;3H,2H2,1H3;6H,4-5H2,1-3H3;1-2H3;1-2H2/b;5-3+;;;. The van der Waals surface area contributed by atoms with E-state index in [0.717, 1.165) is 37.7 Å². The van der Waals surface area contributed by atoms with E-state index in [1.807, 2.05) is 13.8 Å². The molecule has 0 aromatic carbocycles. The van der Waals surface area contributed by atoms with Crippen molar-refractivity contribution in [2.24, 2.45) is 23.7 Å². The molecule has 0 amide bonds. The summed E-state index contributed by atoms with van der Waals surface area (Å²) in [6.45, 7) is 32.7. The summed E-state index contributed by atoms with van der Waals surface area (Å²) in [5, 5.41) is 0. The van der Waals surface area contributed by atoms with Crippen molar-refractivity contribution < 1.29 is 35.8 Å². The Morgan fingerprint density at radius 2 is 1.19 bits per heavy atom. The maximum Gasteiger partial charge on any atom is 0.573 e. The lowest BCUT2D eigenvalue weighted by Gasteiger charge is -2.28. The fourth-order valence-electron chi connectivity index (χ4n) is 3.57. The Hall–Kier alpha value is -1.44. The minimum Gasteiger partial charge on any atom is -0.403 e. The van der Waals surface area contributed by atoms with Gasteiger partial charge in [0.05, 0.1) is 6.10 Å². The summed E-state index contributed by atoms with van der Waals surface area (Å²) in [4.78, 5) is 0. The van der Waals surface area contributed by atoms with Gasteiger partial charge in [0.15, 0.2) is 11.6 Å². The molecule has 0 bridgehead atoms. The zero-order chi connectivity index (χ0) is 34.5. The summed E-state index contributed by atoms with van der Waals surface area (Å²) in [7, 11) is 0. The van der Waals surface area contributed by atoms with Crippen LogP contribution in [0.2, 0.25) is 0 Å². The number of unbranched alkanes of at least 4 members (excludes halogenated alkanes) is 1. The molecule has 2 nitrogen and oxygen atoms in total. The second-order valence-electron chi connectivity index (χ2n) is 10.6. The van der Waals surface area contributed by atoms with Gasteiger partial charge in [0.2, 0.25) is 0 Å². The first-order valence-electron chi connectivity index (χ1n) is 15.7. The second-order valence-corrected chi connectivity index (χ2v) is 10.6. The SMILES string of the molecule is C=C.C=C(OC(F)(F)F)/C(F)=C\C.CC.CCCC(C)C.CCCCC(C)OC(F)(F)C(C)CCC(C)C(C)CCC. The molecule has 0 aromatic heterocycles. The van der Waals surface area contributed by atoms with Crippen LogP contribution in [0.3, 0.4) is 0 Å². The Morgan fingerprint density at radius 1 is 0.738 bits per heavy atom. The highest BCUT2D eigenvalue weighted by Gasteiger charge is 2.39. The molecule has 4 atom stereocenters. The van der Waals surface area contributed by atoms with E-state index >= 15 is 0 Å². The molecule has 0 rings (SSSR count). The highest BCUT2D eigenvalue weighted by molar-refractivity contribution is 5.14. The lowest BCUT2D eigenvalue weighted by atomic mass is 9.86. The first kappa shape index (κ1) is 50.2. The van der Waals surface area contributed by atoms with Gasteiger partial charge in [0.25, 0.3) is 0 Å². The average molecular weight is 621 g/mol. The average Bonchev–Trinajstić information content (AvgIpc) is 2.91. The molecule has 256 valence electrons. The van der Waals surface area contributed by atoms with Crippen molar-refractivity contribution in [1.82, 2.24) is 0 Å². The molecular weight excluding hydrogens is 554 g/mol. The number of hydrogen-bond acceptors (Lipinski definition) is 2. The van der Waals surface area contributed by atoms with E-state index in [1.54, 1.807) is 13.8 Å². The Bertz CT molecular complexity index is 618. The molecule has 0 N–H and O–H groups in total. The van der Waals surface area contributed by atoms with Gasteiger partial charge in [-0.25, -0.2) is 4.39 Å². The Kier molecular flexibility index (Phi) is 37.1. The van der Waals surface area contributed by atoms with E-state index in [-0.39, 0.29) is 6.10 Å². The van der Waals surface area contributed by atoms with E-state index in [0.29, 0.717) is 24.7 Å². The smallest absolute Gasteiger partial charge is 0.403 e. The quantitative estimate of drug-likeness (QED) is 0.0740. The van der Waals surface area contributed by atoms with Crippen molar-refractivity contribution in [3.8, 4) is 0 Å². The van der Waals surface area contributed by atoms with Crippen LogP contribution in [0.1, 0.15) is 141 Å². The van der Waals surface area contributed by atoms with Crippen LogP contribution in [0.15, 0.2) is 37.4 Å². The number of ether oxygens (including phenoxy) is 2. The lowest BCUT2D eigenvalue weighted by Crippen LogP contribution is -2.33. The third-order valence-electron chi connectivity index (χ3n) is 6.29. The highest BCUT2D eigenvalue weighted by Crippen LogP contribution is 2.34. The van der Waals surface area contributed by atoms with Gasteiger partial charge < -0.3 is 9.47 Å². The molecule has 8 heteroatoms. The van der Waals surface area contributed by atoms with Gasteiger partial charge >= 0.3 is 12.5 Å². The van der Waals surface area contributed by atoms with E-state index in [9.17, 15) is 26.3 Å². The van der Waals surface area contributed by atoms with Gasteiger partial charge in [-0.05, 0) is 56.9 Å². The van der Waals surface area contributed by atoms with Crippen LogP contribution in [0.5, 0.6) is 0 Å². The van der Waals surface area contributed by atoms with Crippen molar-refractivity contribution >= 4 is 0 Å². The third kappa shape index (κ3) is 34.8. The fourth-order valence-corrected chi connectivity index (χ4v) is 3.57. The fraction of sp³-hybridized carbons (Fsp3) is 0.824. The van der Waals surface area contributed by atoms with E-state index in [2.05, 4.69) is 72.9 Å². The first-order valence-corrected chi connectivity index (χ1v) is 15.7. The Morgan fingerprint density at radius 3 is 1.52 bits per heavy atom. The number of alkyl halides is 5. The Balaban J connectivity index is -0.000000181. The van der Waals surface area contributed by atoms with Crippen LogP contribution in [-0.4, -0.2) is 18.6 Å². The molecule has 42 heavy (non-hydrogen) atoms. The summed E-state index contributed by atoms with van der Waals surface area (Å²) in [6, 6.07) is 0. The van der Waals surface area contributed by atoms with Gasteiger partial charge in [-0.15, -0.1) is 26.3 Å². The molecule has 0 radical (unpaired) electrons. The zero-order valence-electron chi connectivity index (χ0n) is 29.0. The van der Waals surface area contributed by atoms with Crippen molar-refractivity contribution in [2.75, 3.05) is 0 Å². The maximum atomic E-state index is 14.1. The van der Waals surface area contributed by atoms with Gasteiger partial charge in [0, 0.05) is 5.92 Å². The zero-order valence-corrected chi connectivity index (χ0v) is 29.0. The van der Waals surface area contributed by atoms with E-state index in [1.165, 1.54) is 26.2 Å². The highest BCUT2D eigenvalue weighted by atomic mass is 19.4.